The van der Waals surface area contributed by atoms with E-state index >= 15 is 0 Å². The maximum Gasteiger partial charge on any atom is 0.0625 e. The topological polar surface area (TPSA) is 12.4 Å². The summed E-state index contributed by atoms with van der Waals surface area (Å²) in [5, 5.41) is 0. The second-order valence-electron chi connectivity index (χ2n) is 4.21. The number of benzene rings is 2. The molecule has 2 rings (SSSR count). The molecule has 0 spiro atoms. The van der Waals surface area contributed by atoms with E-state index in [-0.39, 0.29) is 0 Å². The lowest BCUT2D eigenvalue weighted by Crippen LogP contribution is -1.77. The number of hydrogen-bond donors (Lipinski definition) is 0. The van der Waals surface area contributed by atoms with E-state index in [1.807, 2.05) is 66.9 Å². The average molecular weight is 247 g/mol. The normalized spacial score (nSPS) is 10.1. The molecule has 0 saturated carbocycles. The van der Waals surface area contributed by atoms with Gasteiger partial charge in [-0.1, -0.05) is 48.2 Å². The lowest BCUT2D eigenvalue weighted by molar-refractivity contribution is 0.923. The predicted molar refractivity (Wildman–Crippen MR) is 81.8 cm³/mol. The van der Waals surface area contributed by atoms with Crippen molar-refractivity contribution in [3.8, 4) is 11.8 Å². The Morgan fingerprint density at radius 2 is 1.58 bits per heavy atom. The fourth-order valence-corrected chi connectivity index (χ4v) is 1.65. The van der Waals surface area contributed by atoms with Crippen molar-refractivity contribution in [3.05, 3.63) is 66.2 Å². The summed E-state index contributed by atoms with van der Waals surface area (Å²) in [5.41, 5.74) is 2.10. The summed E-state index contributed by atoms with van der Waals surface area (Å²) in [6, 6.07) is 20.1. The zero-order valence-corrected chi connectivity index (χ0v) is 10.9. The first-order valence-corrected chi connectivity index (χ1v) is 6.56. The molecule has 0 radical (unpaired) electrons. The molecule has 0 bridgehead atoms. The molecule has 0 aromatic heterocycles. The Balaban J connectivity index is 1.68. The second-order valence-corrected chi connectivity index (χ2v) is 4.21. The third-order valence-electron chi connectivity index (χ3n) is 2.64. The van der Waals surface area contributed by atoms with E-state index < -0.39 is 0 Å². The molecular formula is C18H17N. The van der Waals surface area contributed by atoms with Crippen molar-refractivity contribution in [1.82, 2.24) is 0 Å². The van der Waals surface area contributed by atoms with Crippen molar-refractivity contribution < 1.29 is 0 Å². The van der Waals surface area contributed by atoms with E-state index in [4.69, 9.17) is 0 Å². The van der Waals surface area contributed by atoms with Crippen molar-refractivity contribution in [2.75, 3.05) is 0 Å². The third-order valence-corrected chi connectivity index (χ3v) is 2.64. The van der Waals surface area contributed by atoms with Gasteiger partial charge >= 0.3 is 0 Å². The van der Waals surface area contributed by atoms with Crippen LogP contribution >= 0.6 is 0 Å². The zero-order valence-electron chi connectivity index (χ0n) is 10.9. The van der Waals surface area contributed by atoms with Gasteiger partial charge in [0.05, 0.1) is 5.69 Å². The van der Waals surface area contributed by atoms with Crippen LogP contribution in [0, 0.1) is 11.8 Å². The van der Waals surface area contributed by atoms with Gasteiger partial charge in [0.1, 0.15) is 0 Å². The highest BCUT2D eigenvalue weighted by molar-refractivity contribution is 5.62. The highest BCUT2D eigenvalue weighted by atomic mass is 14.7. The Morgan fingerprint density at radius 1 is 0.895 bits per heavy atom. The lowest BCUT2D eigenvalue weighted by Gasteiger charge is -1.91. The van der Waals surface area contributed by atoms with Crippen LogP contribution < -0.4 is 0 Å². The van der Waals surface area contributed by atoms with Gasteiger partial charge in [-0.3, -0.25) is 4.99 Å². The van der Waals surface area contributed by atoms with Gasteiger partial charge in [0.2, 0.25) is 0 Å². The number of nitrogens with zero attached hydrogens (tertiary/aromatic N) is 1. The van der Waals surface area contributed by atoms with Crippen LogP contribution in [-0.2, 0) is 0 Å². The summed E-state index contributed by atoms with van der Waals surface area (Å²) in [7, 11) is 0. The van der Waals surface area contributed by atoms with Gasteiger partial charge in [-0.15, -0.1) is 0 Å². The molecular weight excluding hydrogens is 230 g/mol. The molecule has 19 heavy (non-hydrogen) atoms. The molecule has 1 nitrogen and oxygen atoms in total. The summed E-state index contributed by atoms with van der Waals surface area (Å²) >= 11 is 0. The molecule has 0 aliphatic rings. The maximum absolute atomic E-state index is 4.39. The molecule has 0 atom stereocenters. The van der Waals surface area contributed by atoms with Gasteiger partial charge in [-0.25, -0.2) is 0 Å². The largest absolute Gasteiger partial charge is 0.261 e. The minimum atomic E-state index is 0.912. The Morgan fingerprint density at radius 3 is 2.32 bits per heavy atom. The minimum Gasteiger partial charge on any atom is -0.261 e. The van der Waals surface area contributed by atoms with Gasteiger partial charge in [0.15, 0.2) is 0 Å². The molecule has 0 unspecified atom stereocenters. The molecule has 0 aliphatic heterocycles. The molecule has 0 N–H and O–H groups in total. The van der Waals surface area contributed by atoms with E-state index in [1.54, 1.807) is 0 Å². The van der Waals surface area contributed by atoms with Crippen molar-refractivity contribution in [3.63, 3.8) is 0 Å². The number of hydrogen-bond acceptors (Lipinski definition) is 1. The van der Waals surface area contributed by atoms with Gasteiger partial charge in [-0.2, -0.15) is 0 Å². The Hall–Kier alpha value is -2.33. The van der Waals surface area contributed by atoms with Crippen LogP contribution in [-0.4, -0.2) is 6.21 Å². The fraction of sp³-hybridized carbons (Fsp3) is 0.167. The monoisotopic (exact) mass is 247 g/mol. The number of rotatable bonds is 4. The highest BCUT2D eigenvalue weighted by Gasteiger charge is 1.85. The van der Waals surface area contributed by atoms with Gasteiger partial charge in [0.25, 0.3) is 0 Å². The summed E-state index contributed by atoms with van der Waals surface area (Å²) < 4.78 is 0. The van der Waals surface area contributed by atoms with Crippen molar-refractivity contribution in [1.29, 1.82) is 0 Å². The van der Waals surface area contributed by atoms with E-state index in [0.29, 0.717) is 0 Å². The molecule has 0 amide bonds. The van der Waals surface area contributed by atoms with Crippen LogP contribution in [0.5, 0.6) is 0 Å². The summed E-state index contributed by atoms with van der Waals surface area (Å²) in [6.45, 7) is 0. The molecule has 0 fully saturated rings. The summed E-state index contributed by atoms with van der Waals surface area (Å²) in [5.74, 6) is 6.35. The maximum atomic E-state index is 4.39. The molecule has 2 aromatic carbocycles. The summed E-state index contributed by atoms with van der Waals surface area (Å²) in [4.78, 5) is 4.39. The first-order chi connectivity index (χ1) is 9.45. The molecule has 0 heterocycles. The van der Waals surface area contributed by atoms with Crippen LogP contribution in [0.25, 0.3) is 0 Å². The second kappa shape index (κ2) is 7.89. The Bertz CT molecular complexity index is 559. The summed E-state index contributed by atoms with van der Waals surface area (Å²) in [6.07, 6.45) is 4.91. The van der Waals surface area contributed by atoms with Gasteiger partial charge in [-0.05, 0) is 37.1 Å². The molecule has 94 valence electrons. The number of unbranched alkanes of at least 4 members (excludes halogenated alkanes) is 2. The first-order valence-electron chi connectivity index (χ1n) is 6.56. The Kier molecular flexibility index (Phi) is 5.45. The smallest absolute Gasteiger partial charge is 0.0625 e. The van der Waals surface area contributed by atoms with Crippen LogP contribution in [0.15, 0.2) is 65.7 Å². The van der Waals surface area contributed by atoms with Gasteiger partial charge in [0, 0.05) is 18.2 Å². The van der Waals surface area contributed by atoms with Crippen LogP contribution in [0.3, 0.4) is 0 Å². The third kappa shape index (κ3) is 5.23. The number of para-hydroxylation sites is 1. The average Bonchev–Trinajstić information content (AvgIpc) is 2.48. The fourth-order valence-electron chi connectivity index (χ4n) is 1.65. The van der Waals surface area contributed by atoms with E-state index in [0.717, 1.165) is 30.5 Å². The van der Waals surface area contributed by atoms with Crippen LogP contribution in [0.1, 0.15) is 24.8 Å². The van der Waals surface area contributed by atoms with E-state index in [9.17, 15) is 0 Å². The SMILES string of the molecule is C(#Cc1ccccc1)CCCC=Nc1ccccc1. The van der Waals surface area contributed by atoms with E-state index in [1.165, 1.54) is 0 Å². The van der Waals surface area contributed by atoms with E-state index in [2.05, 4.69) is 16.8 Å². The molecule has 2 aromatic rings. The van der Waals surface area contributed by atoms with Crippen molar-refractivity contribution in [2.24, 2.45) is 4.99 Å². The van der Waals surface area contributed by atoms with Crippen LogP contribution in [0.2, 0.25) is 0 Å². The zero-order chi connectivity index (χ0) is 13.2. The highest BCUT2D eigenvalue weighted by Crippen LogP contribution is 2.08. The van der Waals surface area contributed by atoms with Gasteiger partial charge < -0.3 is 0 Å². The van der Waals surface area contributed by atoms with Crippen molar-refractivity contribution >= 4 is 11.9 Å². The molecule has 0 aliphatic carbocycles. The predicted octanol–water partition coefficient (Wildman–Crippen LogP) is 4.61. The molecule has 0 saturated heterocycles. The minimum absolute atomic E-state index is 0.912. The van der Waals surface area contributed by atoms with Crippen molar-refractivity contribution in [2.45, 2.75) is 19.3 Å². The lowest BCUT2D eigenvalue weighted by atomic mass is 10.2. The quantitative estimate of drug-likeness (QED) is 0.425. The number of aliphatic imine (C=N–C) groups is 1. The van der Waals surface area contributed by atoms with Crippen LogP contribution in [0.4, 0.5) is 5.69 Å². The Labute approximate surface area is 115 Å². The first kappa shape index (κ1) is 13.1. The molecule has 1 heteroatoms. The standard InChI is InChI=1S/C18H17N/c1(5-11-17-12-6-3-7-13-17)2-10-16-19-18-14-8-4-9-15-18/h3-4,6-9,12-16H,1-2,10H2.